The fourth-order valence-corrected chi connectivity index (χ4v) is 3.02. The molecule has 1 rings (SSSR count). The van der Waals surface area contributed by atoms with Crippen molar-refractivity contribution in [2.75, 3.05) is 7.11 Å². The van der Waals surface area contributed by atoms with E-state index < -0.39 is 0 Å². The van der Waals surface area contributed by atoms with Gasteiger partial charge in [-0.1, -0.05) is 44.0 Å². The second-order valence-electron chi connectivity index (χ2n) is 4.39. The van der Waals surface area contributed by atoms with Crippen LogP contribution in [0, 0.1) is 6.92 Å². The Morgan fingerprint density at radius 3 is 2.72 bits per heavy atom. The van der Waals surface area contributed by atoms with Gasteiger partial charge in [0.15, 0.2) is 0 Å². The molecular formula is C15H22O2S. The van der Waals surface area contributed by atoms with Crippen LogP contribution < -0.4 is 0 Å². The van der Waals surface area contributed by atoms with Gasteiger partial charge in [-0.05, 0) is 24.5 Å². The van der Waals surface area contributed by atoms with Crippen LogP contribution in [0.15, 0.2) is 24.3 Å². The van der Waals surface area contributed by atoms with Gasteiger partial charge in [-0.25, -0.2) is 0 Å². The number of aryl methyl sites for hydroxylation is 1. The molecule has 1 aromatic carbocycles. The van der Waals surface area contributed by atoms with E-state index in [0.29, 0.717) is 0 Å². The first-order valence-electron chi connectivity index (χ1n) is 6.43. The van der Waals surface area contributed by atoms with Crippen LogP contribution in [-0.2, 0) is 15.3 Å². The zero-order chi connectivity index (χ0) is 13.4. The summed E-state index contributed by atoms with van der Waals surface area (Å²) in [5.41, 5.74) is 2.58. The molecule has 0 heterocycles. The SMILES string of the molecule is CCCCC(SCc1ccccc1C)C(=O)OC. The average Bonchev–Trinajstić information content (AvgIpc) is 2.40. The van der Waals surface area contributed by atoms with E-state index in [1.165, 1.54) is 18.2 Å². The lowest BCUT2D eigenvalue weighted by atomic mass is 10.1. The van der Waals surface area contributed by atoms with Crippen molar-refractivity contribution in [3.63, 3.8) is 0 Å². The molecule has 0 aromatic heterocycles. The van der Waals surface area contributed by atoms with Crippen molar-refractivity contribution >= 4 is 17.7 Å². The molecule has 1 unspecified atom stereocenters. The number of hydrogen-bond acceptors (Lipinski definition) is 3. The van der Waals surface area contributed by atoms with Crippen molar-refractivity contribution in [1.29, 1.82) is 0 Å². The quantitative estimate of drug-likeness (QED) is 0.699. The topological polar surface area (TPSA) is 26.3 Å². The van der Waals surface area contributed by atoms with E-state index in [1.807, 2.05) is 12.1 Å². The normalized spacial score (nSPS) is 12.2. The molecule has 18 heavy (non-hydrogen) atoms. The maximum atomic E-state index is 11.7. The van der Waals surface area contributed by atoms with Crippen LogP contribution in [0.25, 0.3) is 0 Å². The van der Waals surface area contributed by atoms with E-state index in [4.69, 9.17) is 4.74 Å². The summed E-state index contributed by atoms with van der Waals surface area (Å²) in [4.78, 5) is 11.7. The third kappa shape index (κ3) is 4.73. The van der Waals surface area contributed by atoms with Crippen LogP contribution in [0.2, 0.25) is 0 Å². The number of esters is 1. The van der Waals surface area contributed by atoms with Crippen molar-refractivity contribution in [1.82, 2.24) is 0 Å². The van der Waals surface area contributed by atoms with Gasteiger partial charge in [0.1, 0.15) is 5.25 Å². The first-order valence-corrected chi connectivity index (χ1v) is 7.47. The predicted octanol–water partition coefficient (Wildman–Crippen LogP) is 3.96. The smallest absolute Gasteiger partial charge is 0.318 e. The van der Waals surface area contributed by atoms with Gasteiger partial charge < -0.3 is 4.74 Å². The third-order valence-electron chi connectivity index (χ3n) is 2.99. The molecular weight excluding hydrogens is 244 g/mol. The number of hydrogen-bond donors (Lipinski definition) is 0. The van der Waals surface area contributed by atoms with Gasteiger partial charge in [-0.15, -0.1) is 11.8 Å². The van der Waals surface area contributed by atoms with Gasteiger partial charge in [0.2, 0.25) is 0 Å². The molecule has 0 spiro atoms. The Balaban J connectivity index is 2.56. The van der Waals surface area contributed by atoms with Gasteiger partial charge in [-0.2, -0.15) is 0 Å². The lowest BCUT2D eigenvalue weighted by Crippen LogP contribution is -2.19. The Labute approximate surface area is 114 Å². The van der Waals surface area contributed by atoms with Crippen LogP contribution in [0.5, 0.6) is 0 Å². The van der Waals surface area contributed by atoms with E-state index in [1.54, 1.807) is 11.8 Å². The second kappa shape index (κ2) is 8.20. The van der Waals surface area contributed by atoms with Crippen LogP contribution in [-0.4, -0.2) is 18.3 Å². The largest absolute Gasteiger partial charge is 0.468 e. The van der Waals surface area contributed by atoms with Crippen molar-refractivity contribution in [2.24, 2.45) is 0 Å². The average molecular weight is 266 g/mol. The zero-order valence-corrected chi connectivity index (χ0v) is 12.3. The number of benzene rings is 1. The number of rotatable bonds is 7. The fraction of sp³-hybridized carbons (Fsp3) is 0.533. The van der Waals surface area contributed by atoms with Gasteiger partial charge >= 0.3 is 5.97 Å². The Morgan fingerprint density at radius 2 is 2.11 bits per heavy atom. The molecule has 100 valence electrons. The summed E-state index contributed by atoms with van der Waals surface area (Å²) in [6.07, 6.45) is 3.08. The van der Waals surface area contributed by atoms with E-state index in [2.05, 4.69) is 26.0 Å². The Bertz CT molecular complexity index is 377. The molecule has 0 aliphatic rings. The molecule has 1 aromatic rings. The molecule has 0 amide bonds. The molecule has 0 N–H and O–H groups in total. The molecule has 0 saturated carbocycles. The maximum Gasteiger partial charge on any atom is 0.318 e. The first-order chi connectivity index (χ1) is 8.69. The van der Waals surface area contributed by atoms with Crippen molar-refractivity contribution in [3.05, 3.63) is 35.4 Å². The summed E-state index contributed by atoms with van der Waals surface area (Å²) in [5.74, 6) is 0.776. The summed E-state index contributed by atoms with van der Waals surface area (Å²) < 4.78 is 4.87. The van der Waals surface area contributed by atoms with E-state index in [0.717, 1.165) is 25.0 Å². The maximum absolute atomic E-state index is 11.7. The predicted molar refractivity (Wildman–Crippen MR) is 77.8 cm³/mol. The molecule has 0 bridgehead atoms. The highest BCUT2D eigenvalue weighted by Crippen LogP contribution is 2.24. The number of carbonyl (C=O) groups excluding carboxylic acids is 1. The summed E-state index contributed by atoms with van der Waals surface area (Å²) >= 11 is 1.69. The molecule has 0 aliphatic carbocycles. The summed E-state index contributed by atoms with van der Waals surface area (Å²) in [6, 6.07) is 8.31. The molecule has 0 saturated heterocycles. The lowest BCUT2D eigenvalue weighted by Gasteiger charge is -2.14. The van der Waals surface area contributed by atoms with Gasteiger partial charge in [-0.3, -0.25) is 4.79 Å². The Hall–Kier alpha value is -0.960. The van der Waals surface area contributed by atoms with Gasteiger partial charge in [0, 0.05) is 5.75 Å². The number of ether oxygens (including phenoxy) is 1. The summed E-state index contributed by atoms with van der Waals surface area (Å²) in [5, 5.41) is -0.0328. The standard InChI is InChI=1S/C15H22O2S/c1-4-5-10-14(15(16)17-3)18-11-13-9-7-6-8-12(13)2/h6-9,14H,4-5,10-11H2,1-3H3. The number of unbranched alkanes of at least 4 members (excludes halogenated alkanes) is 1. The van der Waals surface area contributed by atoms with E-state index in [-0.39, 0.29) is 11.2 Å². The monoisotopic (exact) mass is 266 g/mol. The van der Waals surface area contributed by atoms with Crippen LogP contribution >= 0.6 is 11.8 Å². The van der Waals surface area contributed by atoms with E-state index in [9.17, 15) is 4.79 Å². The van der Waals surface area contributed by atoms with Gasteiger partial charge in [0.05, 0.1) is 7.11 Å². The number of carbonyl (C=O) groups is 1. The minimum atomic E-state index is -0.0953. The fourth-order valence-electron chi connectivity index (χ4n) is 1.75. The molecule has 0 radical (unpaired) electrons. The zero-order valence-electron chi connectivity index (χ0n) is 11.4. The second-order valence-corrected chi connectivity index (χ2v) is 5.58. The molecule has 0 aliphatic heterocycles. The Morgan fingerprint density at radius 1 is 1.39 bits per heavy atom. The van der Waals surface area contributed by atoms with E-state index >= 15 is 0 Å². The molecule has 0 fully saturated rings. The third-order valence-corrected chi connectivity index (χ3v) is 4.29. The molecule has 2 nitrogen and oxygen atoms in total. The summed E-state index contributed by atoms with van der Waals surface area (Å²) in [7, 11) is 1.47. The highest BCUT2D eigenvalue weighted by Gasteiger charge is 2.19. The first kappa shape index (κ1) is 15.1. The number of thioether (sulfide) groups is 1. The Kier molecular flexibility index (Phi) is 6.88. The minimum Gasteiger partial charge on any atom is -0.468 e. The summed E-state index contributed by atoms with van der Waals surface area (Å²) in [6.45, 7) is 4.25. The van der Waals surface area contributed by atoms with Crippen LogP contribution in [0.1, 0.15) is 37.3 Å². The molecule has 3 heteroatoms. The van der Waals surface area contributed by atoms with Crippen molar-refractivity contribution in [3.8, 4) is 0 Å². The minimum absolute atomic E-state index is 0.0328. The lowest BCUT2D eigenvalue weighted by molar-refractivity contribution is -0.140. The van der Waals surface area contributed by atoms with Crippen LogP contribution in [0.4, 0.5) is 0 Å². The van der Waals surface area contributed by atoms with Crippen molar-refractivity contribution in [2.45, 2.75) is 44.1 Å². The number of methoxy groups -OCH3 is 1. The highest BCUT2D eigenvalue weighted by molar-refractivity contribution is 7.99. The van der Waals surface area contributed by atoms with Crippen LogP contribution in [0.3, 0.4) is 0 Å². The van der Waals surface area contributed by atoms with Gasteiger partial charge in [0.25, 0.3) is 0 Å². The molecule has 1 atom stereocenters. The highest BCUT2D eigenvalue weighted by atomic mass is 32.2. The van der Waals surface area contributed by atoms with Crippen molar-refractivity contribution < 1.29 is 9.53 Å².